The molecule has 0 radical (unpaired) electrons. The van der Waals surface area contributed by atoms with Gasteiger partial charge in [-0.1, -0.05) is 13.0 Å². The van der Waals surface area contributed by atoms with E-state index >= 15 is 0 Å². The van der Waals surface area contributed by atoms with Crippen LogP contribution in [0.3, 0.4) is 0 Å². The molecule has 0 atom stereocenters. The second-order valence-electron chi connectivity index (χ2n) is 5.85. The molecule has 0 bridgehead atoms. The molecule has 112 valence electrons. The van der Waals surface area contributed by atoms with Gasteiger partial charge in [0.1, 0.15) is 11.3 Å². The van der Waals surface area contributed by atoms with Crippen molar-refractivity contribution in [3.63, 3.8) is 0 Å². The molecule has 0 fully saturated rings. The van der Waals surface area contributed by atoms with Crippen LogP contribution in [0.5, 0.6) is 5.75 Å². The summed E-state index contributed by atoms with van der Waals surface area (Å²) in [6, 6.07) is 4.17. The number of benzene rings is 1. The van der Waals surface area contributed by atoms with Crippen molar-refractivity contribution in [2.24, 2.45) is 0 Å². The van der Waals surface area contributed by atoms with E-state index in [1.807, 2.05) is 6.07 Å². The molecule has 0 spiro atoms. The van der Waals surface area contributed by atoms with E-state index in [0.29, 0.717) is 0 Å². The number of fused-ring (bicyclic) bond motifs is 2. The summed E-state index contributed by atoms with van der Waals surface area (Å²) in [4.78, 5) is 4.95. The number of methoxy groups -OCH3 is 1. The molecule has 1 aliphatic rings. The molecule has 0 aliphatic heterocycles. The summed E-state index contributed by atoms with van der Waals surface area (Å²) >= 11 is 0. The van der Waals surface area contributed by atoms with E-state index < -0.39 is 0 Å². The van der Waals surface area contributed by atoms with Gasteiger partial charge >= 0.3 is 0 Å². The molecule has 1 heterocycles. The predicted octanol–water partition coefficient (Wildman–Crippen LogP) is 4.25. The lowest BCUT2D eigenvalue weighted by atomic mass is 9.91. The number of ether oxygens (including phenoxy) is 1. The lowest BCUT2D eigenvalue weighted by Crippen LogP contribution is -2.12. The van der Waals surface area contributed by atoms with Gasteiger partial charge in [0.15, 0.2) is 0 Å². The first kappa shape index (κ1) is 14.2. The van der Waals surface area contributed by atoms with E-state index in [4.69, 9.17) is 9.72 Å². The summed E-state index contributed by atoms with van der Waals surface area (Å²) in [6.45, 7) is 5.37. The Morgan fingerprint density at radius 1 is 1.24 bits per heavy atom. The first-order chi connectivity index (χ1) is 10.3. The van der Waals surface area contributed by atoms with Gasteiger partial charge in [-0.3, -0.25) is 0 Å². The fraction of sp³-hybridized carbons (Fsp3) is 0.500. The number of rotatable bonds is 4. The number of hydrogen-bond donors (Lipinski definition) is 1. The number of aromatic nitrogens is 1. The van der Waals surface area contributed by atoms with Gasteiger partial charge in [0, 0.05) is 23.3 Å². The molecule has 1 aromatic carbocycles. The Labute approximate surface area is 126 Å². The van der Waals surface area contributed by atoms with Crippen molar-refractivity contribution in [3.8, 4) is 5.75 Å². The summed E-state index contributed by atoms with van der Waals surface area (Å²) < 4.78 is 5.54. The molecule has 0 saturated heterocycles. The Hall–Kier alpha value is -1.77. The molecular weight excluding hydrogens is 260 g/mol. The number of nitrogens with zero attached hydrogens (tertiary/aromatic N) is 1. The highest BCUT2D eigenvalue weighted by Gasteiger charge is 2.20. The van der Waals surface area contributed by atoms with E-state index in [9.17, 15) is 0 Å². The zero-order valence-electron chi connectivity index (χ0n) is 13.3. The van der Waals surface area contributed by atoms with E-state index in [0.717, 1.165) is 37.1 Å². The topological polar surface area (TPSA) is 34.2 Å². The number of nitrogens with one attached hydrogen (secondary N) is 1. The molecule has 3 heteroatoms. The lowest BCUT2D eigenvalue weighted by Gasteiger charge is -2.23. The first-order valence-electron chi connectivity index (χ1n) is 7.99. The third kappa shape index (κ3) is 2.45. The van der Waals surface area contributed by atoms with Crippen LogP contribution in [-0.2, 0) is 12.8 Å². The summed E-state index contributed by atoms with van der Waals surface area (Å²) in [5, 5.41) is 4.90. The van der Waals surface area contributed by atoms with Gasteiger partial charge in [-0.25, -0.2) is 4.98 Å². The molecule has 1 aromatic heterocycles. The van der Waals surface area contributed by atoms with Crippen LogP contribution in [-0.4, -0.2) is 18.6 Å². The van der Waals surface area contributed by atoms with Gasteiger partial charge in [-0.15, -0.1) is 0 Å². The Morgan fingerprint density at radius 2 is 2.05 bits per heavy atom. The minimum atomic E-state index is 0.878. The van der Waals surface area contributed by atoms with Crippen LogP contribution in [0.25, 0.3) is 10.9 Å². The van der Waals surface area contributed by atoms with Crippen molar-refractivity contribution in [2.45, 2.75) is 46.0 Å². The minimum Gasteiger partial charge on any atom is -0.494 e. The average molecular weight is 284 g/mol. The Morgan fingerprint density at radius 3 is 2.81 bits per heavy atom. The molecule has 3 rings (SSSR count). The molecule has 1 aliphatic carbocycles. The van der Waals surface area contributed by atoms with E-state index in [1.165, 1.54) is 40.7 Å². The molecule has 3 nitrogen and oxygen atoms in total. The molecule has 1 N–H and O–H groups in total. The third-order valence-corrected chi connectivity index (χ3v) is 4.36. The highest BCUT2D eigenvalue weighted by atomic mass is 16.5. The summed E-state index contributed by atoms with van der Waals surface area (Å²) in [6.07, 6.45) is 5.86. The molecule has 2 aromatic rings. The highest BCUT2D eigenvalue weighted by molar-refractivity contribution is 5.99. The fourth-order valence-corrected chi connectivity index (χ4v) is 3.28. The van der Waals surface area contributed by atoms with Crippen LogP contribution >= 0.6 is 0 Å². The van der Waals surface area contributed by atoms with Crippen LogP contribution < -0.4 is 10.1 Å². The maximum absolute atomic E-state index is 5.54. The monoisotopic (exact) mass is 284 g/mol. The fourth-order valence-electron chi connectivity index (χ4n) is 3.28. The Bertz CT molecular complexity index is 664. The van der Waals surface area contributed by atoms with Crippen molar-refractivity contribution < 1.29 is 4.74 Å². The van der Waals surface area contributed by atoms with Gasteiger partial charge < -0.3 is 10.1 Å². The van der Waals surface area contributed by atoms with Crippen LogP contribution in [0.2, 0.25) is 0 Å². The van der Waals surface area contributed by atoms with Crippen LogP contribution in [0.15, 0.2) is 12.1 Å². The molecule has 21 heavy (non-hydrogen) atoms. The molecule has 0 amide bonds. The van der Waals surface area contributed by atoms with Crippen molar-refractivity contribution >= 4 is 16.6 Å². The number of hydrogen-bond acceptors (Lipinski definition) is 3. The van der Waals surface area contributed by atoms with Crippen LogP contribution in [0.1, 0.15) is 43.0 Å². The van der Waals surface area contributed by atoms with Crippen molar-refractivity contribution in [3.05, 3.63) is 29.0 Å². The van der Waals surface area contributed by atoms with Crippen LogP contribution in [0, 0.1) is 6.92 Å². The summed E-state index contributed by atoms with van der Waals surface area (Å²) in [5.74, 6) is 0.878. The second kappa shape index (κ2) is 5.92. The van der Waals surface area contributed by atoms with Gasteiger partial charge in [-0.05, 0) is 56.2 Å². The largest absolute Gasteiger partial charge is 0.494 e. The zero-order valence-corrected chi connectivity index (χ0v) is 13.3. The summed E-state index contributed by atoms with van der Waals surface area (Å²) in [7, 11) is 1.73. The molecular formula is C18H24N2O. The Kier molecular flexibility index (Phi) is 4.00. The van der Waals surface area contributed by atoms with E-state index in [2.05, 4.69) is 25.2 Å². The zero-order chi connectivity index (χ0) is 14.8. The number of aryl methyl sites for hydroxylation is 2. The van der Waals surface area contributed by atoms with Gasteiger partial charge in [0.05, 0.1) is 7.11 Å². The van der Waals surface area contributed by atoms with Crippen molar-refractivity contribution in [1.29, 1.82) is 0 Å². The SMILES string of the molecule is CCCNc1c2c(nc3c(OC)ccc(C)c13)CCCC2. The predicted molar refractivity (Wildman–Crippen MR) is 88.5 cm³/mol. The maximum atomic E-state index is 5.54. The van der Waals surface area contributed by atoms with E-state index in [-0.39, 0.29) is 0 Å². The highest BCUT2D eigenvalue weighted by Crippen LogP contribution is 2.38. The van der Waals surface area contributed by atoms with Crippen molar-refractivity contribution in [1.82, 2.24) is 4.98 Å². The number of anilines is 1. The Balaban J connectivity index is 2.30. The quantitative estimate of drug-likeness (QED) is 0.911. The third-order valence-electron chi connectivity index (χ3n) is 4.36. The molecule has 0 saturated carbocycles. The van der Waals surface area contributed by atoms with Crippen LogP contribution in [0.4, 0.5) is 5.69 Å². The number of pyridine rings is 1. The maximum Gasteiger partial charge on any atom is 0.145 e. The standard InChI is InChI=1S/C18H24N2O/c1-4-11-19-17-13-7-5-6-8-14(13)20-18-15(21-3)10-9-12(2)16(17)18/h9-10H,4-8,11H2,1-3H3,(H,19,20). The first-order valence-corrected chi connectivity index (χ1v) is 7.99. The minimum absolute atomic E-state index is 0.878. The van der Waals surface area contributed by atoms with Crippen molar-refractivity contribution in [2.75, 3.05) is 19.0 Å². The molecule has 0 unspecified atom stereocenters. The normalized spacial score (nSPS) is 14.0. The van der Waals surface area contributed by atoms with Gasteiger partial charge in [0.25, 0.3) is 0 Å². The lowest BCUT2D eigenvalue weighted by molar-refractivity contribution is 0.418. The second-order valence-corrected chi connectivity index (χ2v) is 5.85. The van der Waals surface area contributed by atoms with Gasteiger partial charge in [-0.2, -0.15) is 0 Å². The van der Waals surface area contributed by atoms with Gasteiger partial charge in [0.2, 0.25) is 0 Å². The summed E-state index contributed by atoms with van der Waals surface area (Å²) in [5.41, 5.74) is 6.27. The smallest absolute Gasteiger partial charge is 0.145 e. The van der Waals surface area contributed by atoms with E-state index in [1.54, 1.807) is 7.11 Å². The average Bonchev–Trinajstić information content (AvgIpc) is 2.52.